The Labute approximate surface area is 103 Å². The van der Waals surface area contributed by atoms with E-state index in [1.165, 1.54) is 0 Å². The summed E-state index contributed by atoms with van der Waals surface area (Å²) in [6.07, 6.45) is 3.70. The highest BCUT2D eigenvalue weighted by Gasteiger charge is 2.09. The molecule has 0 saturated heterocycles. The van der Waals surface area contributed by atoms with E-state index in [0.29, 0.717) is 5.69 Å². The predicted octanol–water partition coefficient (Wildman–Crippen LogP) is 0.386. The summed E-state index contributed by atoms with van der Waals surface area (Å²) in [7, 11) is 0. The minimum absolute atomic E-state index is 0.0778. The maximum absolute atomic E-state index is 11.5. The van der Waals surface area contributed by atoms with E-state index in [1.54, 1.807) is 6.20 Å². The Bertz CT molecular complexity index is 604. The average molecular weight is 247 g/mol. The van der Waals surface area contributed by atoms with Crippen molar-refractivity contribution in [2.75, 3.05) is 6.54 Å². The summed E-state index contributed by atoms with van der Waals surface area (Å²) in [6.45, 7) is 1.57. The predicted molar refractivity (Wildman–Crippen MR) is 64.3 cm³/mol. The molecule has 2 aromatic rings. The summed E-state index contributed by atoms with van der Waals surface area (Å²) >= 11 is 0. The molecule has 2 aromatic heterocycles. The van der Waals surface area contributed by atoms with Gasteiger partial charge in [-0.1, -0.05) is 6.07 Å². The third-order valence-electron chi connectivity index (χ3n) is 2.51. The van der Waals surface area contributed by atoms with E-state index in [0.717, 1.165) is 11.2 Å². The van der Waals surface area contributed by atoms with Gasteiger partial charge in [-0.25, -0.2) is 4.98 Å². The quantitative estimate of drug-likeness (QED) is 0.818. The molecule has 2 rings (SSSR count). The third-order valence-corrected chi connectivity index (χ3v) is 2.51. The maximum Gasteiger partial charge on any atom is 0.322 e. The van der Waals surface area contributed by atoms with Gasteiger partial charge in [0.05, 0.1) is 12.1 Å². The van der Waals surface area contributed by atoms with Gasteiger partial charge in [-0.15, -0.1) is 0 Å². The van der Waals surface area contributed by atoms with E-state index in [4.69, 9.17) is 5.11 Å². The largest absolute Gasteiger partial charge is 0.480 e. The number of imidazole rings is 1. The summed E-state index contributed by atoms with van der Waals surface area (Å²) in [5.74, 6) is -1.41. The fraction of sp³-hybridized carbons (Fsp3) is 0.250. The van der Waals surface area contributed by atoms with Gasteiger partial charge < -0.3 is 14.8 Å². The lowest BCUT2D eigenvalue weighted by atomic mass is 10.3. The lowest BCUT2D eigenvalue weighted by Gasteiger charge is -1.98. The fourth-order valence-corrected chi connectivity index (χ4v) is 1.69. The maximum atomic E-state index is 11.5. The lowest BCUT2D eigenvalue weighted by molar-refractivity contribution is -0.137. The lowest BCUT2D eigenvalue weighted by Crippen LogP contribution is -2.30. The number of aryl methyl sites for hydroxylation is 1. The molecule has 0 aliphatic carbocycles. The number of carbonyl (C=O) groups is 2. The number of hydrogen-bond acceptors (Lipinski definition) is 3. The van der Waals surface area contributed by atoms with Crippen LogP contribution >= 0.6 is 0 Å². The molecule has 0 fully saturated rings. The average Bonchev–Trinajstić information content (AvgIpc) is 2.70. The number of aromatic nitrogens is 2. The van der Waals surface area contributed by atoms with Crippen LogP contribution in [0.3, 0.4) is 0 Å². The molecule has 2 N–H and O–H groups in total. The molecule has 6 heteroatoms. The van der Waals surface area contributed by atoms with Gasteiger partial charge in [0.1, 0.15) is 12.2 Å². The summed E-state index contributed by atoms with van der Waals surface area (Å²) in [4.78, 5) is 26.1. The van der Waals surface area contributed by atoms with Gasteiger partial charge in [-0.05, 0) is 18.6 Å². The van der Waals surface area contributed by atoms with Gasteiger partial charge >= 0.3 is 5.97 Å². The number of amides is 1. The van der Waals surface area contributed by atoms with E-state index in [9.17, 15) is 9.59 Å². The van der Waals surface area contributed by atoms with Crippen LogP contribution in [-0.2, 0) is 16.0 Å². The molecule has 0 radical (unpaired) electrons. The first-order valence-electron chi connectivity index (χ1n) is 5.48. The number of aliphatic carboxylic acids is 1. The molecule has 0 unspecified atom stereocenters. The van der Waals surface area contributed by atoms with Crippen LogP contribution in [0.2, 0.25) is 0 Å². The molecule has 0 aromatic carbocycles. The summed E-state index contributed by atoms with van der Waals surface area (Å²) < 4.78 is 1.84. The highest BCUT2D eigenvalue weighted by atomic mass is 16.4. The Kier molecular flexibility index (Phi) is 3.27. The van der Waals surface area contributed by atoms with Crippen molar-refractivity contribution in [2.45, 2.75) is 13.3 Å². The minimum Gasteiger partial charge on any atom is -0.480 e. The molecule has 0 aliphatic rings. The summed E-state index contributed by atoms with van der Waals surface area (Å²) in [5.41, 5.74) is 2.44. The standard InChI is InChI=1S/C12H13N3O3/c1-8-3-2-4-15-7-9(14-12(8)15)5-10(16)13-6-11(17)18/h2-4,7H,5-6H2,1H3,(H,13,16)(H,17,18). The first-order valence-corrected chi connectivity index (χ1v) is 5.48. The second kappa shape index (κ2) is 4.87. The van der Waals surface area contributed by atoms with Crippen LogP contribution in [0.25, 0.3) is 5.65 Å². The number of fused-ring (bicyclic) bond motifs is 1. The molecule has 1 amide bonds. The van der Waals surface area contributed by atoms with Crippen molar-refractivity contribution in [3.63, 3.8) is 0 Å². The van der Waals surface area contributed by atoms with Gasteiger partial charge in [0.25, 0.3) is 0 Å². The zero-order valence-corrected chi connectivity index (χ0v) is 9.88. The molecule has 94 valence electrons. The monoisotopic (exact) mass is 247 g/mol. The molecular formula is C12H13N3O3. The number of rotatable bonds is 4. The number of carbonyl (C=O) groups excluding carboxylic acids is 1. The zero-order valence-electron chi connectivity index (χ0n) is 9.88. The second-order valence-corrected chi connectivity index (χ2v) is 4.00. The molecule has 0 atom stereocenters. The Morgan fingerprint density at radius 1 is 1.50 bits per heavy atom. The number of carboxylic acids is 1. The van der Waals surface area contributed by atoms with Crippen LogP contribution in [0.4, 0.5) is 0 Å². The molecular weight excluding hydrogens is 234 g/mol. The normalized spacial score (nSPS) is 10.5. The van der Waals surface area contributed by atoms with Crippen LogP contribution in [-0.4, -0.2) is 32.9 Å². The second-order valence-electron chi connectivity index (χ2n) is 4.00. The SMILES string of the molecule is Cc1cccn2cc(CC(=O)NCC(=O)O)nc12. The van der Waals surface area contributed by atoms with Gasteiger partial charge in [0.15, 0.2) is 0 Å². The van der Waals surface area contributed by atoms with Crippen molar-refractivity contribution < 1.29 is 14.7 Å². The topological polar surface area (TPSA) is 83.7 Å². The smallest absolute Gasteiger partial charge is 0.322 e. The van der Waals surface area contributed by atoms with E-state index in [-0.39, 0.29) is 18.9 Å². The van der Waals surface area contributed by atoms with Crippen LogP contribution in [0.5, 0.6) is 0 Å². The van der Waals surface area contributed by atoms with E-state index >= 15 is 0 Å². The van der Waals surface area contributed by atoms with Gasteiger partial charge in [0, 0.05) is 12.4 Å². The Morgan fingerprint density at radius 2 is 2.28 bits per heavy atom. The van der Waals surface area contributed by atoms with Crippen LogP contribution in [0.15, 0.2) is 24.5 Å². The van der Waals surface area contributed by atoms with E-state index < -0.39 is 5.97 Å². The first kappa shape index (κ1) is 12.1. The van der Waals surface area contributed by atoms with Crippen molar-refractivity contribution in [3.05, 3.63) is 35.8 Å². The van der Waals surface area contributed by atoms with Crippen molar-refractivity contribution >= 4 is 17.5 Å². The van der Waals surface area contributed by atoms with Gasteiger partial charge in [-0.3, -0.25) is 9.59 Å². The molecule has 0 spiro atoms. The van der Waals surface area contributed by atoms with Crippen LogP contribution in [0.1, 0.15) is 11.3 Å². The van der Waals surface area contributed by atoms with Crippen LogP contribution < -0.4 is 5.32 Å². The summed E-state index contributed by atoms with van der Waals surface area (Å²) in [6, 6.07) is 3.84. The van der Waals surface area contributed by atoms with Crippen molar-refractivity contribution in [3.8, 4) is 0 Å². The number of pyridine rings is 1. The Balaban J connectivity index is 2.10. The molecule has 0 saturated carbocycles. The number of nitrogens with zero attached hydrogens (tertiary/aromatic N) is 2. The Morgan fingerprint density at radius 3 is 2.94 bits per heavy atom. The fourth-order valence-electron chi connectivity index (χ4n) is 1.69. The minimum atomic E-state index is -1.06. The van der Waals surface area contributed by atoms with Crippen LogP contribution in [0, 0.1) is 6.92 Å². The van der Waals surface area contributed by atoms with Crippen molar-refractivity contribution in [1.82, 2.24) is 14.7 Å². The number of hydrogen-bond donors (Lipinski definition) is 2. The van der Waals surface area contributed by atoms with E-state index in [2.05, 4.69) is 10.3 Å². The van der Waals surface area contributed by atoms with Gasteiger partial charge in [-0.2, -0.15) is 0 Å². The third kappa shape index (κ3) is 2.65. The van der Waals surface area contributed by atoms with Crippen molar-refractivity contribution in [2.24, 2.45) is 0 Å². The molecule has 0 aliphatic heterocycles. The van der Waals surface area contributed by atoms with Crippen molar-refractivity contribution in [1.29, 1.82) is 0 Å². The zero-order chi connectivity index (χ0) is 13.1. The van der Waals surface area contributed by atoms with E-state index in [1.807, 2.05) is 29.7 Å². The molecule has 6 nitrogen and oxygen atoms in total. The highest BCUT2D eigenvalue weighted by Crippen LogP contribution is 2.10. The Hall–Kier alpha value is -2.37. The molecule has 0 bridgehead atoms. The highest BCUT2D eigenvalue weighted by molar-refractivity contribution is 5.82. The molecule has 18 heavy (non-hydrogen) atoms. The molecule has 2 heterocycles. The first-order chi connectivity index (χ1) is 8.56. The number of carboxylic acid groups (broad SMARTS) is 1. The van der Waals surface area contributed by atoms with Gasteiger partial charge in [0.2, 0.25) is 5.91 Å². The number of nitrogens with one attached hydrogen (secondary N) is 1. The summed E-state index contributed by atoms with van der Waals surface area (Å²) in [5, 5.41) is 10.7.